The van der Waals surface area contributed by atoms with Crippen LogP contribution in [-0.4, -0.2) is 42.5 Å². The van der Waals surface area contributed by atoms with Crippen molar-refractivity contribution in [3.63, 3.8) is 0 Å². The van der Waals surface area contributed by atoms with Gasteiger partial charge in [-0.15, -0.1) is 0 Å². The van der Waals surface area contributed by atoms with E-state index in [-0.39, 0.29) is 4.32 Å². The predicted molar refractivity (Wildman–Crippen MR) is 152 cm³/mol. The number of nitrogens with zero attached hydrogens (tertiary/aromatic N) is 3. The van der Waals surface area contributed by atoms with Crippen LogP contribution in [0, 0.1) is 6.92 Å². The topological polar surface area (TPSA) is 84.7 Å². The number of thiocarbonyl (C=S) groups is 1. The fourth-order valence-corrected chi connectivity index (χ4v) is 5.15. The number of aromatic nitrogens is 2. The summed E-state index contributed by atoms with van der Waals surface area (Å²) >= 11 is 6.33. The number of carbonyl (C=O) groups is 2. The standard InChI is InChI=1S/C29H23N3O4S2/c1-19-7-9-20(10-8-19)18-36-24-13-11-21(12-14-24)27-22(16-32(30-27)23-5-3-2-4-6-23)15-25-28(35)31(17-26(33)34)29(37)38-25/h2-16H,17-18H2,1H3,(H,33,34). The normalized spacial score (nSPS) is 14.3. The van der Waals surface area contributed by atoms with E-state index in [1.165, 1.54) is 5.56 Å². The molecule has 0 atom stereocenters. The Morgan fingerprint density at radius 3 is 2.45 bits per heavy atom. The highest BCUT2D eigenvalue weighted by molar-refractivity contribution is 8.26. The quantitative estimate of drug-likeness (QED) is 0.226. The average molecular weight is 542 g/mol. The lowest BCUT2D eigenvalue weighted by Gasteiger charge is -2.10. The lowest BCUT2D eigenvalue weighted by molar-refractivity contribution is -0.140. The first-order valence-electron chi connectivity index (χ1n) is 11.8. The van der Waals surface area contributed by atoms with E-state index < -0.39 is 18.4 Å². The number of benzene rings is 3. The Hall–Kier alpha value is -4.21. The molecule has 0 bridgehead atoms. The van der Waals surface area contributed by atoms with Crippen molar-refractivity contribution in [2.24, 2.45) is 0 Å². The van der Waals surface area contributed by atoms with Crippen molar-refractivity contribution in [3.05, 3.63) is 107 Å². The number of thioether (sulfide) groups is 1. The third kappa shape index (κ3) is 5.69. The number of hydrogen-bond donors (Lipinski definition) is 1. The lowest BCUT2D eigenvalue weighted by Crippen LogP contribution is -2.33. The second-order valence-corrected chi connectivity index (χ2v) is 10.3. The summed E-state index contributed by atoms with van der Waals surface area (Å²) in [5.41, 5.74) is 5.37. The van der Waals surface area contributed by atoms with Crippen molar-refractivity contribution >= 4 is 46.3 Å². The van der Waals surface area contributed by atoms with E-state index in [2.05, 4.69) is 12.1 Å². The molecule has 1 aliphatic heterocycles. The van der Waals surface area contributed by atoms with Crippen LogP contribution in [0.3, 0.4) is 0 Å². The molecule has 2 heterocycles. The number of carboxylic acid groups (broad SMARTS) is 1. The van der Waals surface area contributed by atoms with Crippen molar-refractivity contribution in [1.82, 2.24) is 14.7 Å². The first-order valence-corrected chi connectivity index (χ1v) is 13.0. The van der Waals surface area contributed by atoms with Gasteiger partial charge in [-0.05, 0) is 55.0 Å². The minimum absolute atomic E-state index is 0.218. The highest BCUT2D eigenvalue weighted by Crippen LogP contribution is 2.35. The van der Waals surface area contributed by atoms with E-state index >= 15 is 0 Å². The Kier molecular flexibility index (Phi) is 7.39. The first kappa shape index (κ1) is 25.4. The monoisotopic (exact) mass is 541 g/mol. The predicted octanol–water partition coefficient (Wildman–Crippen LogP) is 5.71. The van der Waals surface area contributed by atoms with Gasteiger partial charge in [0.1, 0.15) is 23.2 Å². The Balaban J connectivity index is 1.44. The Bertz CT molecular complexity index is 1530. The first-order chi connectivity index (χ1) is 18.4. The van der Waals surface area contributed by atoms with Crippen LogP contribution in [0.5, 0.6) is 5.75 Å². The van der Waals surface area contributed by atoms with Crippen LogP contribution < -0.4 is 4.74 Å². The van der Waals surface area contributed by atoms with Gasteiger partial charge >= 0.3 is 5.97 Å². The van der Waals surface area contributed by atoms with Gasteiger partial charge in [0.05, 0.1) is 16.3 Å². The van der Waals surface area contributed by atoms with Crippen molar-refractivity contribution in [2.45, 2.75) is 13.5 Å². The van der Waals surface area contributed by atoms with Crippen LogP contribution in [0.4, 0.5) is 0 Å². The van der Waals surface area contributed by atoms with E-state index in [4.69, 9.17) is 27.2 Å². The van der Waals surface area contributed by atoms with Crippen LogP contribution in [0.15, 0.2) is 90.0 Å². The average Bonchev–Trinajstić information content (AvgIpc) is 3.45. The number of ether oxygens (including phenoxy) is 1. The van der Waals surface area contributed by atoms with E-state index in [0.29, 0.717) is 22.8 Å². The number of aryl methyl sites for hydroxylation is 1. The summed E-state index contributed by atoms with van der Waals surface area (Å²) in [5, 5.41) is 13.9. The van der Waals surface area contributed by atoms with Gasteiger partial charge in [-0.3, -0.25) is 14.5 Å². The minimum atomic E-state index is -1.12. The van der Waals surface area contributed by atoms with Gasteiger partial charge in [0.25, 0.3) is 5.91 Å². The summed E-state index contributed by atoms with van der Waals surface area (Å²) in [5.74, 6) is -0.821. The van der Waals surface area contributed by atoms with Gasteiger partial charge in [0.2, 0.25) is 0 Å². The molecule has 1 fully saturated rings. The maximum absolute atomic E-state index is 12.9. The van der Waals surface area contributed by atoms with Gasteiger partial charge in [0, 0.05) is 17.3 Å². The van der Waals surface area contributed by atoms with Crippen LogP contribution in [-0.2, 0) is 16.2 Å². The summed E-state index contributed by atoms with van der Waals surface area (Å²) in [4.78, 5) is 25.5. The summed E-state index contributed by atoms with van der Waals surface area (Å²) in [6, 6.07) is 25.5. The Labute approximate surface area is 229 Å². The molecule has 0 saturated carbocycles. The number of amides is 1. The lowest BCUT2D eigenvalue weighted by atomic mass is 10.1. The molecule has 0 radical (unpaired) electrons. The molecule has 0 spiro atoms. The maximum atomic E-state index is 12.9. The van der Waals surface area contributed by atoms with Crippen LogP contribution >= 0.6 is 24.0 Å². The molecule has 9 heteroatoms. The Morgan fingerprint density at radius 2 is 1.76 bits per heavy atom. The highest BCUT2D eigenvalue weighted by atomic mass is 32.2. The zero-order valence-corrected chi connectivity index (χ0v) is 22.0. The van der Waals surface area contributed by atoms with Crippen molar-refractivity contribution in [3.8, 4) is 22.7 Å². The molecule has 1 saturated heterocycles. The van der Waals surface area contributed by atoms with Crippen molar-refractivity contribution in [1.29, 1.82) is 0 Å². The van der Waals surface area contributed by atoms with Gasteiger partial charge in [-0.2, -0.15) is 5.10 Å². The smallest absolute Gasteiger partial charge is 0.323 e. The number of carbonyl (C=O) groups excluding carboxylic acids is 1. The van der Waals surface area contributed by atoms with Gasteiger partial charge in [0.15, 0.2) is 0 Å². The van der Waals surface area contributed by atoms with Crippen LogP contribution in [0.25, 0.3) is 23.0 Å². The molecule has 1 N–H and O–H groups in total. The molecule has 5 rings (SSSR count). The summed E-state index contributed by atoms with van der Waals surface area (Å²) in [7, 11) is 0. The SMILES string of the molecule is Cc1ccc(COc2ccc(-c3nn(-c4ccccc4)cc3C=C3SC(=S)N(CC(=O)O)C3=O)cc2)cc1. The maximum Gasteiger partial charge on any atom is 0.323 e. The minimum Gasteiger partial charge on any atom is -0.489 e. The highest BCUT2D eigenvalue weighted by Gasteiger charge is 2.33. The molecular weight excluding hydrogens is 518 g/mol. The largest absolute Gasteiger partial charge is 0.489 e. The number of carboxylic acids is 1. The summed E-state index contributed by atoms with van der Waals surface area (Å²) < 4.78 is 7.92. The molecule has 1 aromatic heterocycles. The molecule has 190 valence electrons. The second kappa shape index (κ2) is 11.0. The van der Waals surface area contributed by atoms with E-state index in [1.54, 1.807) is 10.8 Å². The zero-order valence-electron chi connectivity index (χ0n) is 20.4. The third-order valence-electron chi connectivity index (χ3n) is 5.87. The van der Waals surface area contributed by atoms with E-state index in [9.17, 15) is 9.59 Å². The molecule has 38 heavy (non-hydrogen) atoms. The van der Waals surface area contributed by atoms with Crippen LogP contribution in [0.1, 0.15) is 16.7 Å². The van der Waals surface area contributed by atoms with Crippen LogP contribution in [0.2, 0.25) is 0 Å². The molecule has 3 aromatic carbocycles. The third-order valence-corrected chi connectivity index (χ3v) is 7.25. The molecule has 1 aliphatic rings. The molecule has 0 aliphatic carbocycles. The van der Waals surface area contributed by atoms with E-state index in [1.807, 2.05) is 79.9 Å². The number of para-hydroxylation sites is 1. The zero-order chi connectivity index (χ0) is 26.6. The molecule has 1 amide bonds. The number of aliphatic carboxylic acids is 1. The van der Waals surface area contributed by atoms with Gasteiger partial charge < -0.3 is 9.84 Å². The molecular formula is C29H23N3O4S2. The number of hydrogen-bond acceptors (Lipinski definition) is 6. The fourth-order valence-electron chi connectivity index (χ4n) is 3.90. The molecule has 0 unspecified atom stereocenters. The van der Waals surface area contributed by atoms with Gasteiger partial charge in [-0.25, -0.2) is 4.68 Å². The van der Waals surface area contributed by atoms with Crippen molar-refractivity contribution < 1.29 is 19.4 Å². The second-order valence-electron chi connectivity index (χ2n) is 8.67. The summed E-state index contributed by atoms with van der Waals surface area (Å²) in [6.07, 6.45) is 3.56. The van der Waals surface area contributed by atoms with Crippen molar-refractivity contribution in [2.75, 3.05) is 6.54 Å². The Morgan fingerprint density at radius 1 is 1.05 bits per heavy atom. The van der Waals surface area contributed by atoms with Gasteiger partial charge in [-0.1, -0.05) is 72.0 Å². The fraction of sp³-hybridized carbons (Fsp3) is 0.103. The molecule has 4 aromatic rings. The molecule has 7 nitrogen and oxygen atoms in total. The number of rotatable bonds is 8. The van der Waals surface area contributed by atoms with E-state index in [0.717, 1.165) is 39.2 Å². The summed E-state index contributed by atoms with van der Waals surface area (Å²) in [6.45, 7) is 2.04.